The molecule has 0 aliphatic heterocycles. The number of carboxylic acid groups (broad SMARTS) is 1. The van der Waals surface area contributed by atoms with Crippen LogP contribution >= 0.6 is 0 Å². The van der Waals surface area contributed by atoms with E-state index >= 15 is 0 Å². The molecule has 0 saturated heterocycles. The second-order valence-corrected chi connectivity index (χ2v) is 2.43. The third-order valence-electron chi connectivity index (χ3n) is 1.34. The fourth-order valence-electron chi connectivity index (χ4n) is 0.732. The average molecular weight is 223 g/mol. The lowest BCUT2D eigenvalue weighted by Crippen LogP contribution is -2.07. The summed E-state index contributed by atoms with van der Waals surface area (Å²) in [4.78, 5) is 11.6. The molecule has 0 saturated carbocycles. The van der Waals surface area contributed by atoms with Crippen LogP contribution in [-0.4, -0.2) is 11.1 Å². The third kappa shape index (κ3) is 3.39. The highest BCUT2D eigenvalue weighted by atomic mass is 16.4. The summed E-state index contributed by atoms with van der Waals surface area (Å²) in [5.74, 6) is -10.1. The Morgan fingerprint density at radius 1 is 1.53 bits per heavy atom. The molecule has 0 aromatic heterocycles. The van der Waals surface area contributed by atoms with E-state index in [4.69, 9.17) is 23.3 Å². The molecule has 1 rings (SSSR count). The monoisotopic (exact) mass is 223 g/mol. The summed E-state index contributed by atoms with van der Waals surface area (Å²) in [6.07, 6.45) is -3.91. The molecule has 0 heterocycles. The van der Waals surface area contributed by atoms with E-state index in [1.165, 1.54) is 0 Å². The summed E-state index contributed by atoms with van der Waals surface area (Å²) in [6, 6.07) is -6.04. The van der Waals surface area contributed by atoms with Gasteiger partial charge in [0, 0.05) is 17.8 Å². The zero-order chi connectivity index (χ0) is 26.0. The molecular formula is C13H18O2. The number of benzene rings is 1. The van der Waals surface area contributed by atoms with Gasteiger partial charge in [-0.1, -0.05) is 37.9 Å². The van der Waals surface area contributed by atoms with E-state index in [1.807, 2.05) is 0 Å². The molecule has 1 atom stereocenters. The summed E-state index contributed by atoms with van der Waals surface area (Å²) in [7, 11) is 0. The second kappa shape index (κ2) is 4.96. The van der Waals surface area contributed by atoms with Crippen molar-refractivity contribution < 1.29 is 33.2 Å². The Kier molecular flexibility index (Phi) is 0.775. The van der Waals surface area contributed by atoms with E-state index in [-0.39, 0.29) is 0 Å². The van der Waals surface area contributed by atoms with Crippen molar-refractivity contribution in [3.63, 3.8) is 0 Å². The van der Waals surface area contributed by atoms with Gasteiger partial charge in [0.15, 0.2) is 0 Å². The molecule has 0 amide bonds. The first-order valence-corrected chi connectivity index (χ1v) is 3.68. The van der Waals surface area contributed by atoms with E-state index in [9.17, 15) is 9.90 Å². The van der Waals surface area contributed by atoms with Gasteiger partial charge in [0.25, 0.3) is 0 Å². The molecule has 1 unspecified atom stereocenters. The maximum atomic E-state index is 11.6. The van der Waals surface area contributed by atoms with Crippen LogP contribution in [0.2, 0.25) is 0 Å². The van der Waals surface area contributed by atoms with Crippen molar-refractivity contribution in [1.29, 1.82) is 0 Å². The van der Waals surface area contributed by atoms with E-state index in [0.29, 0.717) is 0 Å². The fourth-order valence-corrected chi connectivity index (χ4v) is 0.732. The number of carbonyl (C=O) groups is 1. The Balaban J connectivity index is 4.23. The molecule has 0 aliphatic carbocycles. The zero-order valence-electron chi connectivity index (χ0n) is 24.4. The van der Waals surface area contributed by atoms with Crippen LogP contribution in [-0.2, 0) is 11.2 Å². The predicted molar refractivity (Wildman–Crippen MR) is 61.0 cm³/mol. The normalized spacial score (nSPS) is 35.6. The van der Waals surface area contributed by atoms with E-state index in [0.717, 1.165) is 0 Å². The number of aliphatic carboxylic acids is 1. The van der Waals surface area contributed by atoms with Gasteiger partial charge in [-0.2, -0.15) is 0 Å². The molecule has 1 aromatic rings. The van der Waals surface area contributed by atoms with Crippen LogP contribution in [0.1, 0.15) is 60.9 Å². The zero-order valence-corrected chi connectivity index (χ0v) is 7.36. The van der Waals surface area contributed by atoms with Crippen LogP contribution in [0, 0.1) is 5.89 Å². The topological polar surface area (TPSA) is 37.3 Å². The highest BCUT2D eigenvalue weighted by molar-refractivity contribution is 5.75. The molecular weight excluding hydrogens is 188 g/mol. The Labute approximate surface area is 115 Å². The Hall–Kier alpha value is -1.31. The minimum Gasteiger partial charge on any atom is -0.481 e. The van der Waals surface area contributed by atoms with Crippen LogP contribution < -0.4 is 0 Å². The van der Waals surface area contributed by atoms with Crippen LogP contribution in [0.25, 0.3) is 0 Å². The maximum absolute atomic E-state index is 11.6. The Morgan fingerprint density at radius 2 is 2.20 bits per heavy atom. The number of carboxylic acids is 1. The third-order valence-corrected chi connectivity index (χ3v) is 1.34. The highest BCUT2D eigenvalue weighted by Crippen LogP contribution is 2.17. The summed E-state index contributed by atoms with van der Waals surface area (Å²) >= 11 is 0. The first kappa shape index (κ1) is 2.34. The molecule has 2 nitrogen and oxygen atoms in total. The summed E-state index contributed by atoms with van der Waals surface area (Å²) < 4.78 is 131. The average Bonchev–Trinajstić information content (AvgIpc) is 2.55. The van der Waals surface area contributed by atoms with Crippen molar-refractivity contribution >= 4 is 5.97 Å². The quantitative estimate of drug-likeness (QED) is 0.851. The molecule has 0 bridgehead atoms. The standard InChI is InChI=1S/C13H18O2/c1-9(2)8-11-4-6-12(7-5-11)10(3)13(14)15/h4-7,9-10H,8H2,1-3H3,(H,14,15)/i1D3,2D3,3D3,4D,5D,6D,7D,8D2,9D,10D. The van der Waals surface area contributed by atoms with E-state index in [1.54, 1.807) is 0 Å². The van der Waals surface area contributed by atoms with E-state index < -0.39 is 80.0 Å². The van der Waals surface area contributed by atoms with Gasteiger partial charge in [-0.25, -0.2) is 0 Å². The SMILES string of the molecule is [2H]c1c([2H])c(C([2H])(C(=O)O)C([2H])([2H])[2H])c([2H])c([2H])c1C([2H])([2H])C([2H])(C([2H])([2H])[2H])C([2H])([2H])[2H]. The summed E-state index contributed by atoms with van der Waals surface area (Å²) in [5.41, 5.74) is -2.96. The first-order chi connectivity index (χ1) is 13.8. The van der Waals surface area contributed by atoms with E-state index in [2.05, 4.69) is 0 Å². The summed E-state index contributed by atoms with van der Waals surface area (Å²) in [5, 5.41) is 9.33. The number of hydrogen-bond donors (Lipinski definition) is 1. The lowest BCUT2D eigenvalue weighted by molar-refractivity contribution is -0.138. The molecule has 2 heteroatoms. The van der Waals surface area contributed by atoms with Gasteiger partial charge in [-0.3, -0.25) is 4.79 Å². The van der Waals surface area contributed by atoms with Gasteiger partial charge in [0.2, 0.25) is 0 Å². The van der Waals surface area contributed by atoms with Gasteiger partial charge in [0.05, 0.1) is 11.4 Å². The largest absolute Gasteiger partial charge is 0.481 e. The molecule has 1 aromatic carbocycles. The molecule has 0 fully saturated rings. The second-order valence-electron chi connectivity index (χ2n) is 2.43. The highest BCUT2D eigenvalue weighted by Gasteiger charge is 2.12. The smallest absolute Gasteiger partial charge is 0.310 e. The Bertz CT molecular complexity index is 881. The van der Waals surface area contributed by atoms with Gasteiger partial charge in [-0.05, 0) is 30.2 Å². The van der Waals surface area contributed by atoms with Crippen molar-refractivity contribution in [2.75, 3.05) is 0 Å². The van der Waals surface area contributed by atoms with Crippen molar-refractivity contribution in [2.45, 2.75) is 32.8 Å². The van der Waals surface area contributed by atoms with Crippen LogP contribution in [0.4, 0.5) is 0 Å². The lowest BCUT2D eigenvalue weighted by Gasteiger charge is -2.09. The Morgan fingerprint density at radius 3 is 2.67 bits per heavy atom. The van der Waals surface area contributed by atoms with Gasteiger partial charge in [-0.15, -0.1) is 0 Å². The summed E-state index contributed by atoms with van der Waals surface area (Å²) in [6.45, 7) is -11.5. The van der Waals surface area contributed by atoms with Crippen molar-refractivity contribution in [2.24, 2.45) is 5.89 Å². The van der Waals surface area contributed by atoms with Crippen molar-refractivity contribution in [3.8, 4) is 0 Å². The van der Waals surface area contributed by atoms with Gasteiger partial charge >= 0.3 is 5.97 Å². The molecule has 0 radical (unpaired) electrons. The lowest BCUT2D eigenvalue weighted by atomic mass is 9.97. The van der Waals surface area contributed by atoms with Crippen LogP contribution in [0.15, 0.2) is 24.2 Å². The first-order valence-electron chi connectivity index (χ1n) is 12.2. The van der Waals surface area contributed by atoms with Crippen molar-refractivity contribution in [3.05, 3.63) is 35.3 Å². The maximum Gasteiger partial charge on any atom is 0.310 e. The minimum atomic E-state index is -4.01. The minimum absolute atomic E-state index is 1.46. The molecule has 1 N–H and O–H groups in total. The fraction of sp³-hybridized carbons (Fsp3) is 0.462. The van der Waals surface area contributed by atoms with Crippen LogP contribution in [0.3, 0.4) is 0 Å². The number of hydrogen-bond acceptors (Lipinski definition) is 1. The molecule has 82 valence electrons. The van der Waals surface area contributed by atoms with Gasteiger partial charge < -0.3 is 5.11 Å². The van der Waals surface area contributed by atoms with Crippen LogP contribution in [0.5, 0.6) is 0 Å². The number of rotatable bonds is 4. The predicted octanol–water partition coefficient (Wildman–Crippen LogP) is 3.07. The molecule has 0 aliphatic rings. The molecule has 0 spiro atoms. The van der Waals surface area contributed by atoms with Crippen molar-refractivity contribution in [1.82, 2.24) is 0 Å². The molecule has 15 heavy (non-hydrogen) atoms. The van der Waals surface area contributed by atoms with Gasteiger partial charge in [0.1, 0.15) is 0 Å².